The summed E-state index contributed by atoms with van der Waals surface area (Å²) in [6.07, 6.45) is 0. The summed E-state index contributed by atoms with van der Waals surface area (Å²) in [4.78, 5) is 35.7. The Labute approximate surface area is 143 Å². The quantitative estimate of drug-likeness (QED) is 0.744. The Balaban J connectivity index is 1.82. The second kappa shape index (κ2) is 6.09. The Morgan fingerprint density at radius 2 is 1.88 bits per heavy atom. The highest BCUT2D eigenvalue weighted by Gasteiger charge is 2.43. The molecule has 3 N–H and O–H groups in total. The van der Waals surface area contributed by atoms with Crippen LogP contribution in [0, 0.1) is 11.3 Å². The van der Waals surface area contributed by atoms with Crippen molar-refractivity contribution in [1.82, 2.24) is 10.6 Å². The Bertz CT molecular complexity index is 915. The number of carbonyl (C=O) groups is 3. The van der Waals surface area contributed by atoms with Gasteiger partial charge in [0.2, 0.25) is 0 Å². The first kappa shape index (κ1) is 16.2. The van der Waals surface area contributed by atoms with Crippen molar-refractivity contribution in [2.24, 2.45) is 0 Å². The van der Waals surface area contributed by atoms with Crippen molar-refractivity contribution >= 4 is 23.5 Å². The molecule has 0 aliphatic carbocycles. The number of hydrogen-bond donors (Lipinski definition) is 3. The van der Waals surface area contributed by atoms with E-state index in [9.17, 15) is 14.4 Å². The van der Waals surface area contributed by atoms with E-state index in [0.717, 1.165) is 0 Å². The summed E-state index contributed by atoms with van der Waals surface area (Å²) >= 11 is 0. The molecule has 4 amide bonds. The minimum Gasteiger partial charge on any atom is -0.322 e. The third-order valence-electron chi connectivity index (χ3n) is 4.02. The lowest BCUT2D eigenvalue weighted by Gasteiger charge is -2.21. The minimum atomic E-state index is -1.19. The maximum absolute atomic E-state index is 12.3. The SMILES string of the molecule is C[C@@]1(c2cccc(NC(=O)c3ccc(C#N)cc3)c2)NC(=O)NC1=O. The molecule has 3 rings (SSSR count). The first-order valence-corrected chi connectivity index (χ1v) is 7.48. The molecule has 0 bridgehead atoms. The summed E-state index contributed by atoms with van der Waals surface area (Å²) in [6.45, 7) is 1.59. The van der Waals surface area contributed by atoms with Crippen LogP contribution in [-0.2, 0) is 10.3 Å². The molecule has 0 saturated carbocycles. The molecule has 1 heterocycles. The highest BCUT2D eigenvalue weighted by molar-refractivity contribution is 6.07. The number of imide groups is 1. The van der Waals surface area contributed by atoms with Crippen LogP contribution in [0.25, 0.3) is 0 Å². The average Bonchev–Trinajstić information content (AvgIpc) is 2.88. The molecule has 0 unspecified atom stereocenters. The molecular formula is C18H14N4O3. The molecule has 2 aromatic carbocycles. The van der Waals surface area contributed by atoms with Crippen LogP contribution in [0.5, 0.6) is 0 Å². The van der Waals surface area contributed by atoms with Crippen molar-refractivity contribution in [3.8, 4) is 6.07 Å². The van der Waals surface area contributed by atoms with E-state index in [0.29, 0.717) is 22.4 Å². The van der Waals surface area contributed by atoms with E-state index < -0.39 is 17.5 Å². The van der Waals surface area contributed by atoms with E-state index in [1.54, 1.807) is 55.5 Å². The standard InChI is InChI=1S/C18H14N4O3/c1-18(16(24)21-17(25)22-18)13-3-2-4-14(9-13)20-15(23)12-7-5-11(10-19)6-8-12/h2-9H,1H3,(H,20,23)(H2,21,22,24,25)/t18-/m0/s1. The van der Waals surface area contributed by atoms with E-state index in [-0.39, 0.29) is 5.91 Å². The highest BCUT2D eigenvalue weighted by atomic mass is 16.2. The normalized spacial score (nSPS) is 18.9. The molecule has 25 heavy (non-hydrogen) atoms. The zero-order valence-electron chi connectivity index (χ0n) is 13.3. The van der Waals surface area contributed by atoms with Gasteiger partial charge in [0.15, 0.2) is 0 Å². The maximum atomic E-state index is 12.3. The van der Waals surface area contributed by atoms with Crippen LogP contribution in [-0.4, -0.2) is 17.8 Å². The van der Waals surface area contributed by atoms with Crippen molar-refractivity contribution in [3.63, 3.8) is 0 Å². The van der Waals surface area contributed by atoms with Crippen molar-refractivity contribution in [2.75, 3.05) is 5.32 Å². The second-order valence-electron chi connectivity index (χ2n) is 5.76. The van der Waals surface area contributed by atoms with Crippen LogP contribution >= 0.6 is 0 Å². The van der Waals surface area contributed by atoms with Gasteiger partial charge in [0.1, 0.15) is 5.54 Å². The molecule has 1 saturated heterocycles. The lowest BCUT2D eigenvalue weighted by Crippen LogP contribution is -2.40. The van der Waals surface area contributed by atoms with Crippen molar-refractivity contribution in [2.45, 2.75) is 12.5 Å². The third-order valence-corrected chi connectivity index (χ3v) is 4.02. The number of anilines is 1. The first-order chi connectivity index (χ1) is 11.9. The van der Waals surface area contributed by atoms with Gasteiger partial charge in [0.25, 0.3) is 11.8 Å². The van der Waals surface area contributed by atoms with Gasteiger partial charge in [0.05, 0.1) is 11.6 Å². The number of urea groups is 1. The Morgan fingerprint density at radius 1 is 1.16 bits per heavy atom. The number of rotatable bonds is 3. The molecular weight excluding hydrogens is 320 g/mol. The van der Waals surface area contributed by atoms with Crippen LogP contribution in [0.3, 0.4) is 0 Å². The molecule has 0 radical (unpaired) electrons. The van der Waals surface area contributed by atoms with Crippen molar-refractivity contribution in [3.05, 3.63) is 65.2 Å². The van der Waals surface area contributed by atoms with Crippen molar-refractivity contribution in [1.29, 1.82) is 5.26 Å². The Kier molecular flexibility index (Phi) is 3.95. The summed E-state index contributed by atoms with van der Waals surface area (Å²) in [5, 5.41) is 16.3. The van der Waals surface area contributed by atoms with Crippen LogP contribution in [0.2, 0.25) is 0 Å². The summed E-state index contributed by atoms with van der Waals surface area (Å²) in [5.41, 5.74) is 0.721. The molecule has 7 nitrogen and oxygen atoms in total. The van der Waals surface area contributed by atoms with Gasteiger partial charge in [-0.15, -0.1) is 0 Å². The van der Waals surface area contributed by atoms with E-state index >= 15 is 0 Å². The number of nitrogens with zero attached hydrogens (tertiary/aromatic N) is 1. The number of benzene rings is 2. The predicted octanol–water partition coefficient (Wildman–Crippen LogP) is 1.87. The van der Waals surface area contributed by atoms with Gasteiger partial charge in [-0.05, 0) is 48.9 Å². The van der Waals surface area contributed by atoms with Gasteiger partial charge >= 0.3 is 6.03 Å². The molecule has 1 fully saturated rings. The number of amides is 4. The minimum absolute atomic E-state index is 0.341. The molecule has 1 aliphatic rings. The molecule has 0 aromatic heterocycles. The van der Waals surface area contributed by atoms with Gasteiger partial charge in [0, 0.05) is 11.3 Å². The van der Waals surface area contributed by atoms with Gasteiger partial charge in [-0.1, -0.05) is 12.1 Å². The molecule has 1 atom stereocenters. The van der Waals surface area contributed by atoms with E-state index in [4.69, 9.17) is 5.26 Å². The molecule has 1 aliphatic heterocycles. The largest absolute Gasteiger partial charge is 0.322 e. The zero-order chi connectivity index (χ0) is 18.0. The van der Waals surface area contributed by atoms with Gasteiger partial charge < -0.3 is 10.6 Å². The van der Waals surface area contributed by atoms with Crippen LogP contribution in [0.15, 0.2) is 48.5 Å². The first-order valence-electron chi connectivity index (χ1n) is 7.48. The smallest absolute Gasteiger partial charge is 0.322 e. The highest BCUT2D eigenvalue weighted by Crippen LogP contribution is 2.26. The summed E-state index contributed by atoms with van der Waals surface area (Å²) in [5.74, 6) is -0.792. The number of nitriles is 1. The van der Waals surface area contributed by atoms with E-state index in [2.05, 4.69) is 16.0 Å². The Morgan fingerprint density at radius 3 is 2.48 bits per heavy atom. The third kappa shape index (κ3) is 3.05. The van der Waals surface area contributed by atoms with Crippen molar-refractivity contribution < 1.29 is 14.4 Å². The molecule has 2 aromatic rings. The van der Waals surface area contributed by atoms with Gasteiger partial charge in [-0.2, -0.15) is 5.26 Å². The Hall–Kier alpha value is -3.66. The average molecular weight is 334 g/mol. The molecule has 7 heteroatoms. The fourth-order valence-corrected chi connectivity index (χ4v) is 2.55. The molecule has 124 valence electrons. The zero-order valence-corrected chi connectivity index (χ0v) is 13.3. The second-order valence-corrected chi connectivity index (χ2v) is 5.76. The lowest BCUT2D eigenvalue weighted by atomic mass is 9.92. The predicted molar refractivity (Wildman–Crippen MR) is 89.6 cm³/mol. The monoisotopic (exact) mass is 334 g/mol. The van der Waals surface area contributed by atoms with E-state index in [1.807, 2.05) is 6.07 Å². The molecule has 0 spiro atoms. The van der Waals surface area contributed by atoms with E-state index in [1.165, 1.54) is 0 Å². The maximum Gasteiger partial charge on any atom is 0.322 e. The summed E-state index contributed by atoms with van der Waals surface area (Å²) < 4.78 is 0. The number of hydrogen-bond acceptors (Lipinski definition) is 4. The summed E-state index contributed by atoms with van der Waals surface area (Å²) in [7, 11) is 0. The fraction of sp³-hybridized carbons (Fsp3) is 0.111. The number of nitrogens with one attached hydrogen (secondary N) is 3. The lowest BCUT2D eigenvalue weighted by molar-refractivity contribution is -0.123. The van der Waals surface area contributed by atoms with Gasteiger partial charge in [-0.25, -0.2) is 4.79 Å². The van der Waals surface area contributed by atoms with Crippen LogP contribution in [0.1, 0.15) is 28.4 Å². The number of carbonyl (C=O) groups excluding carboxylic acids is 3. The van der Waals surface area contributed by atoms with Gasteiger partial charge in [-0.3, -0.25) is 14.9 Å². The van der Waals surface area contributed by atoms with Crippen LogP contribution < -0.4 is 16.0 Å². The summed E-state index contributed by atoms with van der Waals surface area (Å²) in [6, 6.07) is 14.4. The fourth-order valence-electron chi connectivity index (χ4n) is 2.55. The van der Waals surface area contributed by atoms with Crippen LogP contribution in [0.4, 0.5) is 10.5 Å². The topological polar surface area (TPSA) is 111 Å².